The molecule has 2 atom stereocenters. The molecule has 1 aliphatic rings. The number of methoxy groups -OCH3 is 2. The van der Waals surface area contributed by atoms with Crippen molar-refractivity contribution in [2.45, 2.75) is 25.0 Å². The first kappa shape index (κ1) is 26.3. The van der Waals surface area contributed by atoms with E-state index in [1.165, 1.54) is 38.5 Å². The van der Waals surface area contributed by atoms with E-state index in [0.717, 1.165) is 4.31 Å². The first-order valence-corrected chi connectivity index (χ1v) is 12.4. The predicted molar refractivity (Wildman–Crippen MR) is 129 cm³/mol. The van der Waals surface area contributed by atoms with Crippen LogP contribution < -0.4 is 19.5 Å². The van der Waals surface area contributed by atoms with Crippen LogP contribution in [0.15, 0.2) is 36.4 Å². The molecule has 0 radical (unpaired) electrons. The summed E-state index contributed by atoms with van der Waals surface area (Å²) in [7, 11) is -1.82. The molecule has 1 heterocycles. The molecule has 34 heavy (non-hydrogen) atoms. The summed E-state index contributed by atoms with van der Waals surface area (Å²) in [5, 5.41) is 0.136. The van der Waals surface area contributed by atoms with Crippen molar-refractivity contribution < 1.29 is 31.6 Å². The van der Waals surface area contributed by atoms with E-state index in [1.807, 2.05) is 0 Å². The highest BCUT2D eigenvalue weighted by molar-refractivity contribution is 7.87. The fourth-order valence-corrected chi connectivity index (χ4v) is 5.18. The average Bonchev–Trinajstić information content (AvgIpc) is 2.80. The van der Waals surface area contributed by atoms with Gasteiger partial charge in [0.15, 0.2) is 0 Å². The summed E-state index contributed by atoms with van der Waals surface area (Å²) in [5.41, 5.74) is 6.13. The topological polar surface area (TPSA) is 115 Å². The zero-order valence-electron chi connectivity index (χ0n) is 19.0. The number of nitrogens with zero attached hydrogens (tertiary/aromatic N) is 2. The maximum absolute atomic E-state index is 13.0. The molecule has 1 fully saturated rings. The van der Waals surface area contributed by atoms with Crippen LogP contribution in [-0.4, -0.2) is 70.5 Å². The summed E-state index contributed by atoms with van der Waals surface area (Å²) in [4.78, 5) is 2.13. The molecular formula is C22H29ClFN3O6S. The Hall–Kier alpha value is -2.31. The van der Waals surface area contributed by atoms with Gasteiger partial charge >= 0.3 is 10.3 Å². The minimum Gasteiger partial charge on any atom is -0.494 e. The van der Waals surface area contributed by atoms with Crippen LogP contribution in [-0.2, 0) is 15.0 Å². The molecule has 2 aromatic rings. The van der Waals surface area contributed by atoms with Crippen molar-refractivity contribution in [3.8, 4) is 11.5 Å². The van der Waals surface area contributed by atoms with Crippen LogP contribution in [0.1, 0.15) is 12.8 Å². The second kappa shape index (κ2) is 11.4. The van der Waals surface area contributed by atoms with Gasteiger partial charge in [-0.25, -0.2) is 8.70 Å². The number of benzene rings is 2. The van der Waals surface area contributed by atoms with Crippen LogP contribution in [0.2, 0.25) is 5.02 Å². The second-order valence-electron chi connectivity index (χ2n) is 7.91. The van der Waals surface area contributed by atoms with Gasteiger partial charge in [0.2, 0.25) is 0 Å². The maximum atomic E-state index is 13.0. The molecule has 0 spiro atoms. The Balaban J connectivity index is 1.68. The Bertz CT molecular complexity index is 1070. The molecule has 0 saturated carbocycles. The van der Waals surface area contributed by atoms with E-state index in [1.54, 1.807) is 12.1 Å². The van der Waals surface area contributed by atoms with E-state index in [9.17, 15) is 17.4 Å². The van der Waals surface area contributed by atoms with Crippen molar-refractivity contribution in [1.29, 1.82) is 0 Å². The summed E-state index contributed by atoms with van der Waals surface area (Å²) in [6, 6.07) is 7.90. The van der Waals surface area contributed by atoms with Gasteiger partial charge in [-0.2, -0.15) is 8.42 Å². The highest BCUT2D eigenvalue weighted by Gasteiger charge is 2.40. The van der Waals surface area contributed by atoms with Crippen LogP contribution in [0.3, 0.4) is 0 Å². The van der Waals surface area contributed by atoms with E-state index in [4.69, 9.17) is 31.5 Å². The van der Waals surface area contributed by atoms with Crippen LogP contribution in [0, 0.1) is 5.82 Å². The first-order chi connectivity index (χ1) is 16.1. The molecule has 2 aromatic carbocycles. The number of nitrogen functional groups attached to an aromatic ring is 1. The van der Waals surface area contributed by atoms with Crippen LogP contribution >= 0.6 is 11.6 Å². The first-order valence-electron chi connectivity index (χ1n) is 10.7. The Morgan fingerprint density at radius 3 is 2.59 bits per heavy atom. The summed E-state index contributed by atoms with van der Waals surface area (Å²) < 4.78 is 65.4. The van der Waals surface area contributed by atoms with E-state index in [2.05, 4.69) is 4.90 Å². The molecule has 1 aliphatic heterocycles. The normalized spacial score (nSPS) is 19.1. The van der Waals surface area contributed by atoms with E-state index >= 15 is 0 Å². The van der Waals surface area contributed by atoms with Gasteiger partial charge in [-0.05, 0) is 43.2 Å². The predicted octanol–water partition coefficient (Wildman–Crippen LogP) is 3.24. The van der Waals surface area contributed by atoms with Crippen molar-refractivity contribution in [2.24, 2.45) is 0 Å². The van der Waals surface area contributed by atoms with E-state index < -0.39 is 22.4 Å². The van der Waals surface area contributed by atoms with Crippen LogP contribution in [0.25, 0.3) is 0 Å². The number of rotatable bonds is 10. The standard InChI is InChI=1S/C22H29ClFN3O6S/c1-31-21-13-18(25)17(23)12-20(21)27(34(28,29)30)19-8-10-26(14-22(19)32-2)9-3-11-33-16-6-4-15(24)5-7-16/h4-7,12-13,19,22H,3,8-11,14,25H2,1-2H3,(H,28,29,30). The van der Waals surface area contributed by atoms with Crippen molar-refractivity contribution in [1.82, 2.24) is 4.90 Å². The molecule has 0 amide bonds. The van der Waals surface area contributed by atoms with Gasteiger partial charge in [0.05, 0.1) is 42.3 Å². The zero-order chi connectivity index (χ0) is 24.9. The number of ether oxygens (including phenoxy) is 3. The lowest BCUT2D eigenvalue weighted by atomic mass is 10.0. The number of hydrogen-bond acceptors (Lipinski definition) is 7. The third-order valence-electron chi connectivity index (χ3n) is 5.70. The highest BCUT2D eigenvalue weighted by atomic mass is 35.5. The summed E-state index contributed by atoms with van der Waals surface area (Å²) in [6.07, 6.45) is 0.569. The highest BCUT2D eigenvalue weighted by Crippen LogP contribution is 2.39. The largest absolute Gasteiger partial charge is 0.494 e. The minimum atomic E-state index is -4.69. The summed E-state index contributed by atoms with van der Waals surface area (Å²) in [6.45, 7) is 2.14. The fraction of sp³-hybridized carbons (Fsp3) is 0.455. The Morgan fingerprint density at radius 2 is 1.97 bits per heavy atom. The lowest BCUT2D eigenvalue weighted by molar-refractivity contribution is 0.0164. The van der Waals surface area contributed by atoms with E-state index in [-0.39, 0.29) is 28.0 Å². The number of hydrogen-bond donors (Lipinski definition) is 2. The van der Waals surface area contributed by atoms with Gasteiger partial charge in [-0.3, -0.25) is 4.55 Å². The minimum absolute atomic E-state index is 0.0809. The Morgan fingerprint density at radius 1 is 1.26 bits per heavy atom. The monoisotopic (exact) mass is 517 g/mol. The Kier molecular flexibility index (Phi) is 8.83. The number of halogens is 2. The third-order valence-corrected chi connectivity index (χ3v) is 6.99. The van der Waals surface area contributed by atoms with Gasteiger partial charge in [-0.1, -0.05) is 11.6 Å². The average molecular weight is 518 g/mol. The molecule has 3 N–H and O–H groups in total. The summed E-state index contributed by atoms with van der Waals surface area (Å²) in [5.74, 6) is 0.433. The quantitative estimate of drug-likeness (QED) is 0.280. The number of likely N-dealkylation sites (tertiary alicyclic amines) is 1. The van der Waals surface area contributed by atoms with Gasteiger partial charge in [-0.15, -0.1) is 0 Å². The molecule has 12 heteroatoms. The van der Waals surface area contributed by atoms with Gasteiger partial charge in [0.1, 0.15) is 17.3 Å². The number of anilines is 2. The lowest BCUT2D eigenvalue weighted by Crippen LogP contribution is -2.56. The maximum Gasteiger partial charge on any atom is 0.360 e. The van der Waals surface area contributed by atoms with Crippen molar-refractivity contribution in [3.63, 3.8) is 0 Å². The molecular weight excluding hydrogens is 489 g/mol. The van der Waals surface area contributed by atoms with Gasteiger partial charge < -0.3 is 24.8 Å². The van der Waals surface area contributed by atoms with Crippen LogP contribution in [0.4, 0.5) is 15.8 Å². The second-order valence-corrected chi connectivity index (χ2v) is 9.60. The van der Waals surface area contributed by atoms with E-state index in [0.29, 0.717) is 44.8 Å². The van der Waals surface area contributed by atoms with Crippen molar-refractivity contribution in [2.75, 3.05) is 50.5 Å². The SMILES string of the molecule is COc1cc(N)c(Cl)cc1N(C1CCN(CCCOc2ccc(F)cc2)CC1OC)S(=O)(=O)O. The molecule has 188 valence electrons. The lowest BCUT2D eigenvalue weighted by Gasteiger charge is -2.42. The molecule has 0 aromatic heterocycles. The molecule has 2 unspecified atom stereocenters. The molecule has 0 aliphatic carbocycles. The summed E-state index contributed by atoms with van der Waals surface area (Å²) >= 11 is 6.14. The number of piperidine rings is 1. The zero-order valence-corrected chi connectivity index (χ0v) is 20.6. The molecule has 0 bridgehead atoms. The molecule has 9 nitrogen and oxygen atoms in total. The fourth-order valence-electron chi connectivity index (χ4n) is 4.05. The molecule has 1 saturated heterocycles. The van der Waals surface area contributed by atoms with Crippen molar-refractivity contribution >= 4 is 33.3 Å². The van der Waals surface area contributed by atoms with Crippen molar-refractivity contribution in [3.05, 3.63) is 47.2 Å². The smallest absolute Gasteiger partial charge is 0.360 e. The van der Waals surface area contributed by atoms with Crippen LogP contribution in [0.5, 0.6) is 11.5 Å². The van der Waals surface area contributed by atoms with Gasteiger partial charge in [0, 0.05) is 32.8 Å². The third kappa shape index (κ3) is 6.42. The van der Waals surface area contributed by atoms with Gasteiger partial charge in [0.25, 0.3) is 0 Å². The molecule has 3 rings (SSSR count). The Labute approximate surface area is 204 Å². The number of nitrogens with two attached hydrogens (primary N) is 1.